The van der Waals surface area contributed by atoms with E-state index in [0.717, 1.165) is 5.20 Å². The highest BCUT2D eigenvalue weighted by Gasteiger charge is 2.43. The zero-order valence-electron chi connectivity index (χ0n) is 19.9. The van der Waals surface area contributed by atoms with Gasteiger partial charge in [0.15, 0.2) is 14.4 Å². The fourth-order valence-electron chi connectivity index (χ4n) is 2.16. The van der Waals surface area contributed by atoms with Gasteiger partial charge in [-0.3, -0.25) is 0 Å². The Morgan fingerprint density at radius 1 is 1.07 bits per heavy atom. The number of carbonyl (C=O) groups is 1. The van der Waals surface area contributed by atoms with Gasteiger partial charge in [-0.1, -0.05) is 66.5 Å². The molecule has 0 amide bonds. The first-order chi connectivity index (χ1) is 12.5. The predicted molar refractivity (Wildman–Crippen MR) is 123 cm³/mol. The van der Waals surface area contributed by atoms with Crippen LogP contribution in [0.3, 0.4) is 0 Å². The van der Waals surface area contributed by atoms with Crippen molar-refractivity contribution < 1.29 is 19.1 Å². The topological polar surface area (TPSA) is 55.8 Å². The van der Waals surface area contributed by atoms with Crippen molar-refractivity contribution in [2.24, 2.45) is 0 Å². The summed E-state index contributed by atoms with van der Waals surface area (Å²) >= 11 is 0. The Morgan fingerprint density at radius 3 is 2.04 bits per heavy atom. The van der Waals surface area contributed by atoms with E-state index in [2.05, 4.69) is 79.6 Å². The van der Waals surface area contributed by atoms with Crippen molar-refractivity contribution in [1.82, 2.24) is 0 Å². The van der Waals surface area contributed by atoms with Gasteiger partial charge in [0, 0.05) is 13.0 Å². The lowest BCUT2D eigenvalue weighted by Gasteiger charge is -2.40. The number of aliphatic hydroxyl groups is 1. The summed E-state index contributed by atoms with van der Waals surface area (Å²) in [5, 5.41) is 11.5. The molecule has 4 nitrogen and oxygen atoms in total. The van der Waals surface area contributed by atoms with Crippen LogP contribution in [0, 0.1) is 11.8 Å². The van der Waals surface area contributed by atoms with E-state index >= 15 is 0 Å². The van der Waals surface area contributed by atoms with Crippen molar-refractivity contribution in [1.29, 1.82) is 0 Å². The number of aliphatic hydroxyl groups excluding tert-OH is 1. The van der Waals surface area contributed by atoms with Gasteiger partial charge in [0.1, 0.15) is 0 Å². The molecule has 0 aliphatic heterocycles. The second kappa shape index (κ2) is 10.2. The molecule has 1 N–H and O–H groups in total. The minimum atomic E-state index is -2.13. The number of hydrogen-bond acceptors (Lipinski definition) is 4. The molecule has 0 radical (unpaired) electrons. The molecule has 0 aliphatic carbocycles. The van der Waals surface area contributed by atoms with E-state index in [4.69, 9.17) is 9.16 Å². The molecular formula is C22H42O4Si2. The first kappa shape index (κ1) is 27.1. The van der Waals surface area contributed by atoms with E-state index < -0.39 is 28.5 Å². The molecule has 162 valence electrons. The van der Waals surface area contributed by atoms with Crippen LogP contribution < -0.4 is 0 Å². The van der Waals surface area contributed by atoms with E-state index in [9.17, 15) is 9.90 Å². The molecule has 0 aliphatic rings. The molecule has 0 rings (SSSR count). The van der Waals surface area contributed by atoms with Crippen LogP contribution >= 0.6 is 0 Å². The quantitative estimate of drug-likeness (QED) is 0.260. The van der Waals surface area contributed by atoms with Crippen LogP contribution in [0.15, 0.2) is 11.3 Å². The van der Waals surface area contributed by atoms with Crippen LogP contribution in [0.25, 0.3) is 0 Å². The molecule has 0 aromatic heterocycles. The van der Waals surface area contributed by atoms with Crippen molar-refractivity contribution in [3.63, 3.8) is 0 Å². The van der Waals surface area contributed by atoms with E-state index in [0.29, 0.717) is 13.0 Å². The summed E-state index contributed by atoms with van der Waals surface area (Å²) in [6.45, 7) is 24.4. The number of carbonyl (C=O) groups excluding carboxylic acids is 1. The van der Waals surface area contributed by atoms with Gasteiger partial charge in [-0.2, -0.15) is 0 Å². The maximum absolute atomic E-state index is 12.1. The summed E-state index contributed by atoms with van der Waals surface area (Å²) < 4.78 is 11.2. The number of esters is 1. The Balaban J connectivity index is 5.39. The van der Waals surface area contributed by atoms with Gasteiger partial charge in [-0.05, 0) is 41.4 Å². The average Bonchev–Trinajstić information content (AvgIpc) is 2.51. The van der Waals surface area contributed by atoms with Gasteiger partial charge in [-0.25, -0.2) is 4.79 Å². The normalized spacial score (nSPS) is 14.9. The summed E-state index contributed by atoms with van der Waals surface area (Å²) in [5.41, 5.74) is 0. The Morgan fingerprint density at radius 2 is 1.61 bits per heavy atom. The van der Waals surface area contributed by atoms with Crippen LogP contribution in [0.4, 0.5) is 0 Å². The Hall–Kier alpha value is -0.876. The summed E-state index contributed by atoms with van der Waals surface area (Å²) in [5.74, 6) is 5.58. The lowest BCUT2D eigenvalue weighted by Crippen LogP contribution is -2.46. The average molecular weight is 427 g/mol. The fourth-order valence-corrected chi connectivity index (χ4v) is 5.30. The van der Waals surface area contributed by atoms with Crippen molar-refractivity contribution in [3.05, 3.63) is 11.3 Å². The fraction of sp³-hybridized carbons (Fsp3) is 0.773. The van der Waals surface area contributed by atoms with Crippen molar-refractivity contribution in [2.45, 2.75) is 97.3 Å². The van der Waals surface area contributed by atoms with E-state index in [1.54, 1.807) is 13.0 Å². The smallest absolute Gasteiger partial charge is 0.338 e. The van der Waals surface area contributed by atoms with Gasteiger partial charge >= 0.3 is 5.97 Å². The largest absolute Gasteiger partial charge is 0.464 e. The molecular weight excluding hydrogens is 384 g/mol. The molecule has 6 heteroatoms. The van der Waals surface area contributed by atoms with Gasteiger partial charge < -0.3 is 14.3 Å². The standard InChI is InChI=1S/C22H42O4Si2/c1-12-25-20(24)19(23)18(27(8,9)21(2,3)4)16-14-13-15-17-26-28(10,11)22(5,6)7/h16,19,23H,12,15,17H2,1-11H3/b18-16-. The molecule has 0 aromatic rings. The third-order valence-electron chi connectivity index (χ3n) is 6.23. The van der Waals surface area contributed by atoms with Gasteiger partial charge in [0.25, 0.3) is 0 Å². The summed E-state index contributed by atoms with van der Waals surface area (Å²) in [6.07, 6.45) is 1.12. The molecule has 0 heterocycles. The molecule has 0 fully saturated rings. The molecule has 0 aromatic carbocycles. The van der Waals surface area contributed by atoms with E-state index in [1.807, 2.05) is 0 Å². The third-order valence-corrected chi connectivity index (χ3v) is 16.4. The minimum absolute atomic E-state index is 0.0283. The maximum Gasteiger partial charge on any atom is 0.338 e. The van der Waals surface area contributed by atoms with Crippen molar-refractivity contribution in [3.8, 4) is 11.8 Å². The SMILES string of the molecule is CCOC(=O)C(O)/C(=C/C#CCCO[Si](C)(C)C(C)(C)C)[Si](C)(C)C(C)(C)C. The van der Waals surface area contributed by atoms with Crippen molar-refractivity contribution in [2.75, 3.05) is 13.2 Å². The molecule has 0 spiro atoms. The van der Waals surface area contributed by atoms with Gasteiger partial charge in [0.05, 0.1) is 14.7 Å². The highest BCUT2D eigenvalue weighted by Crippen LogP contribution is 2.41. The highest BCUT2D eigenvalue weighted by atomic mass is 28.4. The summed E-state index contributed by atoms with van der Waals surface area (Å²) in [4.78, 5) is 12.1. The Labute approximate surface area is 175 Å². The van der Waals surface area contributed by atoms with Crippen LogP contribution in [-0.4, -0.2) is 46.8 Å². The number of ether oxygens (including phenoxy) is 1. The number of hydrogen-bond donors (Lipinski definition) is 1. The zero-order valence-corrected chi connectivity index (χ0v) is 21.9. The van der Waals surface area contributed by atoms with Crippen LogP contribution in [0.1, 0.15) is 54.9 Å². The maximum atomic E-state index is 12.1. The van der Waals surface area contributed by atoms with Crippen LogP contribution in [0.5, 0.6) is 0 Å². The summed E-state index contributed by atoms with van der Waals surface area (Å²) in [7, 11) is -3.89. The van der Waals surface area contributed by atoms with Gasteiger partial charge in [0.2, 0.25) is 0 Å². The second-order valence-electron chi connectivity index (χ2n) is 10.3. The zero-order chi connectivity index (χ0) is 22.4. The number of rotatable bonds is 7. The monoisotopic (exact) mass is 426 g/mol. The molecule has 1 atom stereocenters. The Bertz CT molecular complexity index is 611. The highest BCUT2D eigenvalue weighted by molar-refractivity contribution is 6.87. The molecule has 28 heavy (non-hydrogen) atoms. The summed E-state index contributed by atoms with van der Waals surface area (Å²) in [6, 6.07) is 0. The Kier molecular flexibility index (Phi) is 9.92. The first-order valence-electron chi connectivity index (χ1n) is 10.2. The lowest BCUT2D eigenvalue weighted by molar-refractivity contribution is -0.150. The first-order valence-corrected chi connectivity index (χ1v) is 16.1. The van der Waals surface area contributed by atoms with Crippen LogP contribution in [0.2, 0.25) is 36.3 Å². The van der Waals surface area contributed by atoms with Gasteiger partial charge in [-0.15, -0.1) is 0 Å². The molecule has 0 bridgehead atoms. The number of allylic oxidation sites excluding steroid dienone is 1. The molecule has 0 saturated carbocycles. The third kappa shape index (κ3) is 7.51. The predicted octanol–water partition coefficient (Wildman–Crippen LogP) is 5.30. The lowest BCUT2D eigenvalue weighted by atomic mass is 10.2. The minimum Gasteiger partial charge on any atom is -0.464 e. The molecule has 1 unspecified atom stereocenters. The van der Waals surface area contributed by atoms with E-state index in [1.165, 1.54) is 0 Å². The second-order valence-corrected chi connectivity index (χ2v) is 20.4. The van der Waals surface area contributed by atoms with Crippen molar-refractivity contribution >= 4 is 22.4 Å². The molecule has 0 saturated heterocycles. The van der Waals surface area contributed by atoms with E-state index in [-0.39, 0.29) is 16.7 Å². The van der Waals surface area contributed by atoms with Crippen LogP contribution in [-0.2, 0) is 14.0 Å².